The summed E-state index contributed by atoms with van der Waals surface area (Å²) in [7, 11) is 0. The molecular weight excluding hydrogens is 346 g/mol. The summed E-state index contributed by atoms with van der Waals surface area (Å²) >= 11 is 1.57. The van der Waals surface area contributed by atoms with Crippen molar-refractivity contribution in [3.63, 3.8) is 0 Å². The standard InChI is InChI=1S/C20H25N3O2S/c1-15(24)22-19(20-21-11-14-26-20)17-9-12-23(13-10-17)18(25)8-7-16-5-3-2-4-6-16/h2-6,11,14,17,19H,7-10,12-13H2,1H3,(H,22,24). The van der Waals surface area contributed by atoms with Gasteiger partial charge in [0.25, 0.3) is 0 Å². The average Bonchev–Trinajstić information content (AvgIpc) is 3.19. The van der Waals surface area contributed by atoms with Crippen LogP contribution in [0.25, 0.3) is 0 Å². The third kappa shape index (κ3) is 4.91. The lowest BCUT2D eigenvalue weighted by Crippen LogP contribution is -2.42. The third-order valence-electron chi connectivity index (χ3n) is 4.91. The second kappa shape index (κ2) is 8.94. The van der Waals surface area contributed by atoms with Crippen LogP contribution in [0.2, 0.25) is 0 Å². The number of benzene rings is 1. The molecule has 1 aliphatic rings. The van der Waals surface area contributed by atoms with Crippen LogP contribution in [-0.2, 0) is 16.0 Å². The maximum Gasteiger partial charge on any atom is 0.222 e. The first-order chi connectivity index (χ1) is 12.6. The van der Waals surface area contributed by atoms with Crippen molar-refractivity contribution in [2.75, 3.05) is 13.1 Å². The molecule has 2 aromatic rings. The number of hydrogen-bond acceptors (Lipinski definition) is 4. The van der Waals surface area contributed by atoms with Crippen molar-refractivity contribution in [3.05, 3.63) is 52.5 Å². The first-order valence-electron chi connectivity index (χ1n) is 9.11. The Bertz CT molecular complexity index is 710. The summed E-state index contributed by atoms with van der Waals surface area (Å²) in [5.41, 5.74) is 1.20. The number of aryl methyl sites for hydroxylation is 1. The molecule has 1 unspecified atom stereocenters. The SMILES string of the molecule is CC(=O)NC(c1nccs1)C1CCN(C(=O)CCc2ccccc2)CC1. The van der Waals surface area contributed by atoms with Gasteiger partial charge in [-0.2, -0.15) is 0 Å². The summed E-state index contributed by atoms with van der Waals surface area (Å²) in [4.78, 5) is 30.4. The van der Waals surface area contributed by atoms with Gasteiger partial charge in [0, 0.05) is 38.0 Å². The lowest BCUT2D eigenvalue weighted by atomic mass is 9.89. The number of amides is 2. The van der Waals surface area contributed by atoms with Crippen LogP contribution in [-0.4, -0.2) is 34.8 Å². The molecule has 0 bridgehead atoms. The summed E-state index contributed by atoms with van der Waals surface area (Å²) < 4.78 is 0. The normalized spacial score (nSPS) is 16.3. The molecule has 1 saturated heterocycles. The van der Waals surface area contributed by atoms with E-state index in [0.717, 1.165) is 37.4 Å². The van der Waals surface area contributed by atoms with Gasteiger partial charge >= 0.3 is 0 Å². The van der Waals surface area contributed by atoms with Gasteiger partial charge in [0.15, 0.2) is 0 Å². The molecule has 2 amide bonds. The Morgan fingerprint density at radius 3 is 2.62 bits per heavy atom. The molecule has 1 atom stereocenters. The van der Waals surface area contributed by atoms with Gasteiger partial charge in [-0.15, -0.1) is 11.3 Å². The zero-order chi connectivity index (χ0) is 18.4. The highest BCUT2D eigenvalue weighted by Crippen LogP contribution is 2.32. The molecule has 1 aromatic carbocycles. The molecule has 0 aliphatic carbocycles. The van der Waals surface area contributed by atoms with Crippen LogP contribution in [0.4, 0.5) is 0 Å². The molecule has 26 heavy (non-hydrogen) atoms. The third-order valence-corrected chi connectivity index (χ3v) is 5.77. The number of nitrogens with one attached hydrogen (secondary N) is 1. The highest BCUT2D eigenvalue weighted by molar-refractivity contribution is 7.09. The molecule has 138 valence electrons. The van der Waals surface area contributed by atoms with Gasteiger partial charge in [-0.1, -0.05) is 30.3 Å². The second-order valence-electron chi connectivity index (χ2n) is 6.75. The van der Waals surface area contributed by atoms with Gasteiger partial charge in [-0.3, -0.25) is 9.59 Å². The number of carbonyl (C=O) groups is 2. The van der Waals surface area contributed by atoms with E-state index in [9.17, 15) is 9.59 Å². The summed E-state index contributed by atoms with van der Waals surface area (Å²) in [6.07, 6.45) is 4.89. The monoisotopic (exact) mass is 371 g/mol. The number of likely N-dealkylation sites (tertiary alicyclic amines) is 1. The maximum absolute atomic E-state index is 12.5. The first kappa shape index (κ1) is 18.6. The van der Waals surface area contributed by atoms with Crippen LogP contribution >= 0.6 is 11.3 Å². The van der Waals surface area contributed by atoms with Crippen molar-refractivity contribution in [2.45, 2.75) is 38.6 Å². The van der Waals surface area contributed by atoms with E-state index in [-0.39, 0.29) is 17.9 Å². The molecule has 1 N–H and O–H groups in total. The van der Waals surface area contributed by atoms with E-state index < -0.39 is 0 Å². The number of nitrogens with zero attached hydrogens (tertiary/aromatic N) is 2. The highest BCUT2D eigenvalue weighted by Gasteiger charge is 2.31. The molecule has 5 nitrogen and oxygen atoms in total. The van der Waals surface area contributed by atoms with E-state index in [1.807, 2.05) is 28.5 Å². The molecule has 0 spiro atoms. The van der Waals surface area contributed by atoms with Gasteiger partial charge in [0.05, 0.1) is 6.04 Å². The number of rotatable bonds is 6. The van der Waals surface area contributed by atoms with Crippen LogP contribution < -0.4 is 5.32 Å². The Labute approximate surface area is 158 Å². The number of carbonyl (C=O) groups excluding carboxylic acids is 2. The van der Waals surface area contributed by atoms with Crippen LogP contribution in [0.15, 0.2) is 41.9 Å². The zero-order valence-corrected chi connectivity index (χ0v) is 15.9. The van der Waals surface area contributed by atoms with Crippen LogP contribution in [0.1, 0.15) is 42.8 Å². The Morgan fingerprint density at radius 2 is 2.00 bits per heavy atom. The predicted molar refractivity (Wildman–Crippen MR) is 103 cm³/mol. The van der Waals surface area contributed by atoms with Gasteiger partial charge in [-0.05, 0) is 30.7 Å². The van der Waals surface area contributed by atoms with Crippen molar-refractivity contribution in [1.29, 1.82) is 0 Å². The quantitative estimate of drug-likeness (QED) is 0.848. The molecular formula is C20H25N3O2S. The molecule has 3 rings (SSSR count). The second-order valence-corrected chi connectivity index (χ2v) is 7.68. The van der Waals surface area contributed by atoms with Crippen molar-refractivity contribution in [3.8, 4) is 0 Å². The van der Waals surface area contributed by atoms with E-state index in [1.165, 1.54) is 5.56 Å². The van der Waals surface area contributed by atoms with Gasteiger partial charge in [0.1, 0.15) is 5.01 Å². The Hall–Kier alpha value is -2.21. The van der Waals surface area contributed by atoms with E-state index in [4.69, 9.17) is 0 Å². The lowest BCUT2D eigenvalue weighted by molar-refractivity contribution is -0.133. The molecule has 6 heteroatoms. The Balaban J connectivity index is 1.52. The summed E-state index contributed by atoms with van der Waals surface area (Å²) in [6, 6.07) is 10.1. The Morgan fingerprint density at radius 1 is 1.27 bits per heavy atom. The minimum atomic E-state index is -0.0472. The fourth-order valence-corrected chi connectivity index (χ4v) is 4.31. The topological polar surface area (TPSA) is 62.3 Å². The number of thiazole rings is 1. The number of piperidine rings is 1. The average molecular weight is 372 g/mol. The molecule has 1 aliphatic heterocycles. The largest absolute Gasteiger partial charge is 0.347 e. The smallest absolute Gasteiger partial charge is 0.222 e. The fraction of sp³-hybridized carbons (Fsp3) is 0.450. The van der Waals surface area contributed by atoms with Crippen LogP contribution in [0.3, 0.4) is 0 Å². The van der Waals surface area contributed by atoms with Gasteiger partial charge in [-0.25, -0.2) is 4.98 Å². The highest BCUT2D eigenvalue weighted by atomic mass is 32.1. The van der Waals surface area contributed by atoms with E-state index in [0.29, 0.717) is 12.3 Å². The zero-order valence-electron chi connectivity index (χ0n) is 15.1. The summed E-state index contributed by atoms with van der Waals surface area (Å²) in [6.45, 7) is 3.04. The van der Waals surface area contributed by atoms with Crippen molar-refractivity contribution < 1.29 is 9.59 Å². The predicted octanol–water partition coefficient (Wildman–Crippen LogP) is 3.19. The minimum absolute atomic E-state index is 0.0356. The first-order valence-corrected chi connectivity index (χ1v) is 9.99. The van der Waals surface area contributed by atoms with E-state index >= 15 is 0 Å². The maximum atomic E-state index is 12.5. The summed E-state index contributed by atoms with van der Waals surface area (Å²) in [5, 5.41) is 5.94. The number of hydrogen-bond donors (Lipinski definition) is 1. The van der Waals surface area contributed by atoms with Crippen LogP contribution in [0, 0.1) is 5.92 Å². The van der Waals surface area contributed by atoms with Crippen LogP contribution in [0.5, 0.6) is 0 Å². The molecule has 0 saturated carbocycles. The Kier molecular flexibility index (Phi) is 6.39. The fourth-order valence-electron chi connectivity index (χ4n) is 3.52. The molecule has 2 heterocycles. The van der Waals surface area contributed by atoms with Crippen molar-refractivity contribution in [1.82, 2.24) is 15.2 Å². The van der Waals surface area contributed by atoms with Crippen molar-refractivity contribution in [2.24, 2.45) is 5.92 Å². The lowest BCUT2D eigenvalue weighted by Gasteiger charge is -2.35. The summed E-state index contributed by atoms with van der Waals surface area (Å²) in [5.74, 6) is 0.507. The van der Waals surface area contributed by atoms with Crippen molar-refractivity contribution >= 4 is 23.2 Å². The minimum Gasteiger partial charge on any atom is -0.347 e. The van der Waals surface area contributed by atoms with Gasteiger partial charge in [0.2, 0.25) is 11.8 Å². The van der Waals surface area contributed by atoms with Gasteiger partial charge < -0.3 is 10.2 Å². The number of aromatic nitrogens is 1. The molecule has 1 aromatic heterocycles. The van der Waals surface area contributed by atoms with E-state index in [2.05, 4.69) is 22.4 Å². The molecule has 0 radical (unpaired) electrons. The molecule has 1 fully saturated rings. The van der Waals surface area contributed by atoms with E-state index in [1.54, 1.807) is 24.5 Å².